The third kappa shape index (κ3) is 4.13. The summed E-state index contributed by atoms with van der Waals surface area (Å²) in [5, 5.41) is 5.97. The van der Waals surface area contributed by atoms with E-state index in [-0.39, 0.29) is 17.2 Å². The minimum Gasteiger partial charge on any atom is -0.385 e. The van der Waals surface area contributed by atoms with Crippen LogP contribution in [0.15, 0.2) is 78.8 Å². The fraction of sp³-hybridized carbons (Fsp3) is 0.345. The second-order valence-corrected chi connectivity index (χ2v) is 10.3. The second kappa shape index (κ2) is 9.39. The normalized spacial score (nSPS) is 23.2. The van der Waals surface area contributed by atoms with Crippen LogP contribution < -0.4 is 16.4 Å². The lowest BCUT2D eigenvalue weighted by molar-refractivity contribution is -0.126. The molecule has 2 aromatic rings. The second-order valence-electron chi connectivity index (χ2n) is 10.3. The number of likely N-dealkylation sites (tertiary alicyclic amines) is 1. The van der Waals surface area contributed by atoms with Crippen molar-refractivity contribution in [2.45, 2.75) is 31.1 Å². The molecule has 0 radical (unpaired) electrons. The molecule has 3 heterocycles. The average Bonchev–Trinajstić information content (AvgIpc) is 3.38. The fourth-order valence-electron chi connectivity index (χ4n) is 5.89. The molecule has 3 aliphatic rings. The number of pyridine rings is 1. The van der Waals surface area contributed by atoms with Crippen LogP contribution >= 0.6 is 0 Å². The molecule has 0 bridgehead atoms. The van der Waals surface area contributed by atoms with Gasteiger partial charge < -0.3 is 21.3 Å². The number of nitrogens with one attached hydrogen (secondary N) is 2. The highest BCUT2D eigenvalue weighted by Crippen LogP contribution is 2.46. The van der Waals surface area contributed by atoms with Crippen molar-refractivity contribution in [3.8, 4) is 0 Å². The molecule has 5 rings (SSSR count). The highest BCUT2D eigenvalue weighted by molar-refractivity contribution is 5.95. The summed E-state index contributed by atoms with van der Waals surface area (Å²) in [6.45, 7) is 6.26. The van der Waals surface area contributed by atoms with Crippen molar-refractivity contribution in [2.75, 3.05) is 26.7 Å². The van der Waals surface area contributed by atoms with Gasteiger partial charge in [0, 0.05) is 23.7 Å². The molecule has 4 N–H and O–H groups in total. The van der Waals surface area contributed by atoms with Crippen LogP contribution in [0.1, 0.15) is 40.0 Å². The van der Waals surface area contributed by atoms with Crippen LogP contribution in [-0.2, 0) is 23.1 Å². The van der Waals surface area contributed by atoms with E-state index in [1.807, 2.05) is 18.2 Å². The van der Waals surface area contributed by atoms with E-state index in [1.54, 1.807) is 18.3 Å². The number of nitrogens with two attached hydrogens (primary N) is 1. The van der Waals surface area contributed by atoms with Crippen LogP contribution in [0.3, 0.4) is 0 Å². The topological polar surface area (TPSA) is 100 Å². The first-order valence-corrected chi connectivity index (χ1v) is 12.5. The molecule has 2 amide bonds. The van der Waals surface area contributed by atoms with Gasteiger partial charge in [-0.3, -0.25) is 14.6 Å². The highest BCUT2D eigenvalue weighted by Gasteiger charge is 2.51. The Balaban J connectivity index is 1.35. The van der Waals surface area contributed by atoms with Crippen molar-refractivity contribution in [1.29, 1.82) is 0 Å². The quantitative estimate of drug-likeness (QED) is 0.549. The molecular weight excluding hydrogens is 450 g/mol. The van der Waals surface area contributed by atoms with Crippen LogP contribution in [0.2, 0.25) is 0 Å². The van der Waals surface area contributed by atoms with E-state index >= 15 is 0 Å². The Morgan fingerprint density at radius 3 is 2.67 bits per heavy atom. The van der Waals surface area contributed by atoms with E-state index in [9.17, 15) is 9.59 Å². The predicted octanol–water partition coefficient (Wildman–Crippen LogP) is 2.60. The number of hydrogen-bond acceptors (Lipinski definition) is 5. The van der Waals surface area contributed by atoms with Gasteiger partial charge in [0.2, 0.25) is 5.91 Å². The molecule has 1 fully saturated rings. The van der Waals surface area contributed by atoms with Crippen molar-refractivity contribution >= 4 is 11.8 Å². The Hall–Kier alpha value is -3.71. The van der Waals surface area contributed by atoms with Crippen LogP contribution in [0.5, 0.6) is 0 Å². The van der Waals surface area contributed by atoms with Crippen molar-refractivity contribution in [3.05, 3.63) is 101 Å². The number of piperidine rings is 1. The summed E-state index contributed by atoms with van der Waals surface area (Å²) in [7, 11) is 2.14. The highest BCUT2D eigenvalue weighted by atomic mass is 16.2. The molecule has 1 unspecified atom stereocenters. The lowest BCUT2D eigenvalue weighted by Gasteiger charge is -2.41. The van der Waals surface area contributed by atoms with Crippen molar-refractivity contribution < 1.29 is 9.59 Å². The van der Waals surface area contributed by atoms with Gasteiger partial charge in [0.15, 0.2) is 0 Å². The first-order valence-electron chi connectivity index (χ1n) is 12.5. The van der Waals surface area contributed by atoms with Crippen LogP contribution in [0.25, 0.3) is 0 Å². The number of hydrogen-bond donors (Lipinski definition) is 3. The number of benzene rings is 1. The van der Waals surface area contributed by atoms with Gasteiger partial charge in [0.1, 0.15) is 11.5 Å². The summed E-state index contributed by atoms with van der Waals surface area (Å²) in [6, 6.07) is 12.3. The number of allylic oxidation sites excluding steroid dienone is 3. The molecule has 36 heavy (non-hydrogen) atoms. The smallest absolute Gasteiger partial charge is 0.269 e. The van der Waals surface area contributed by atoms with E-state index in [0.717, 1.165) is 42.6 Å². The molecule has 0 saturated carbocycles. The van der Waals surface area contributed by atoms with Crippen molar-refractivity contribution in [2.24, 2.45) is 11.1 Å². The zero-order valence-corrected chi connectivity index (χ0v) is 20.7. The van der Waals surface area contributed by atoms with Gasteiger partial charge in [0.25, 0.3) is 5.91 Å². The number of rotatable bonds is 6. The SMILES string of the molecule is C=C/C=C\C1=C(N)NC(=O)C12Cc1cnc(C(=O)NCC3(c4ccccc4)CCN(C)CC3)cc1C2. The van der Waals surface area contributed by atoms with Gasteiger partial charge in [-0.05, 0) is 68.6 Å². The predicted molar refractivity (Wildman–Crippen MR) is 140 cm³/mol. The fourth-order valence-corrected chi connectivity index (χ4v) is 5.89. The Labute approximate surface area is 212 Å². The van der Waals surface area contributed by atoms with E-state index < -0.39 is 5.41 Å². The largest absolute Gasteiger partial charge is 0.385 e. The van der Waals surface area contributed by atoms with Crippen molar-refractivity contribution in [3.63, 3.8) is 0 Å². The van der Waals surface area contributed by atoms with Crippen LogP contribution in [0, 0.1) is 5.41 Å². The summed E-state index contributed by atoms with van der Waals surface area (Å²) < 4.78 is 0. The number of nitrogens with zero attached hydrogens (tertiary/aromatic N) is 2. The molecule has 186 valence electrons. The summed E-state index contributed by atoms with van der Waals surface area (Å²) in [5.74, 6) is 0.0739. The lowest BCUT2D eigenvalue weighted by Crippen LogP contribution is -2.48. The molecule has 7 heteroatoms. The number of carbonyl (C=O) groups is 2. The molecule has 1 aliphatic carbocycles. The monoisotopic (exact) mass is 483 g/mol. The Morgan fingerprint density at radius 1 is 1.22 bits per heavy atom. The molecular formula is C29H33N5O2. The Bertz CT molecular complexity index is 1260. The molecule has 1 aromatic carbocycles. The van der Waals surface area contributed by atoms with Gasteiger partial charge in [0.05, 0.1) is 5.41 Å². The van der Waals surface area contributed by atoms with Gasteiger partial charge in [-0.1, -0.05) is 55.1 Å². The first kappa shape index (κ1) is 24.0. The maximum atomic E-state index is 13.2. The summed E-state index contributed by atoms with van der Waals surface area (Å²) in [4.78, 5) is 33.0. The Kier molecular flexibility index (Phi) is 6.26. The number of amides is 2. The summed E-state index contributed by atoms with van der Waals surface area (Å²) >= 11 is 0. The molecule has 7 nitrogen and oxygen atoms in total. The molecule has 1 aromatic heterocycles. The molecule has 1 saturated heterocycles. The van der Waals surface area contributed by atoms with Crippen molar-refractivity contribution in [1.82, 2.24) is 20.5 Å². The number of aromatic nitrogens is 1. The van der Waals surface area contributed by atoms with E-state index in [1.165, 1.54) is 5.56 Å². The maximum Gasteiger partial charge on any atom is 0.269 e. The lowest BCUT2D eigenvalue weighted by atomic mass is 9.72. The minimum absolute atomic E-state index is 0.0964. The third-order valence-corrected chi connectivity index (χ3v) is 8.11. The van der Waals surface area contributed by atoms with Crippen LogP contribution in [0.4, 0.5) is 0 Å². The number of carbonyl (C=O) groups excluding carboxylic acids is 2. The molecule has 1 spiro atoms. The van der Waals surface area contributed by atoms with E-state index in [2.05, 4.69) is 58.4 Å². The third-order valence-electron chi connectivity index (χ3n) is 8.11. The molecule has 2 aliphatic heterocycles. The zero-order chi connectivity index (χ0) is 25.3. The molecule has 1 atom stereocenters. The van der Waals surface area contributed by atoms with Gasteiger partial charge >= 0.3 is 0 Å². The van der Waals surface area contributed by atoms with Gasteiger partial charge in [-0.2, -0.15) is 0 Å². The van der Waals surface area contributed by atoms with E-state index in [0.29, 0.717) is 30.9 Å². The standard InChI is InChI=1S/C29H33N5O2/c1-3-4-10-23-25(30)33-27(36)29(23)16-20-15-24(31-18-21(20)17-29)26(35)32-19-28(11-13-34(2)14-12-28)22-8-6-5-7-9-22/h3-10,15,18H,1,11-14,16-17,19,30H2,2H3,(H,32,35)(H,33,36)/b10-4-. The maximum absolute atomic E-state index is 13.2. The minimum atomic E-state index is -0.770. The van der Waals surface area contributed by atoms with Gasteiger partial charge in [-0.15, -0.1) is 0 Å². The average molecular weight is 484 g/mol. The van der Waals surface area contributed by atoms with Gasteiger partial charge in [-0.25, -0.2) is 0 Å². The summed E-state index contributed by atoms with van der Waals surface area (Å²) in [5.41, 5.74) is 9.60. The Morgan fingerprint density at radius 2 is 1.94 bits per heavy atom. The van der Waals surface area contributed by atoms with E-state index in [4.69, 9.17) is 5.73 Å². The zero-order valence-electron chi connectivity index (χ0n) is 20.7. The number of fused-ring (bicyclic) bond motifs is 1. The first-order chi connectivity index (χ1) is 17.4. The summed E-state index contributed by atoms with van der Waals surface area (Å²) in [6.07, 6.45) is 9.98. The van der Waals surface area contributed by atoms with Crippen LogP contribution in [-0.4, -0.2) is 48.4 Å².